The Balaban J connectivity index is 2.19. The fourth-order valence-corrected chi connectivity index (χ4v) is 5.53. The predicted molar refractivity (Wildman–Crippen MR) is 124 cm³/mol. The molecular weight excluding hydrogens is 454 g/mol. The zero-order valence-corrected chi connectivity index (χ0v) is 20.2. The van der Waals surface area contributed by atoms with Crippen LogP contribution in [0.1, 0.15) is 34.1 Å². The van der Waals surface area contributed by atoms with Crippen molar-refractivity contribution in [1.29, 1.82) is 0 Å². The van der Waals surface area contributed by atoms with Crippen LogP contribution in [0.3, 0.4) is 0 Å². The average Bonchev–Trinajstić information content (AvgIpc) is 3.10. The summed E-state index contributed by atoms with van der Waals surface area (Å²) in [6, 6.07) is 3.08. The van der Waals surface area contributed by atoms with Crippen molar-refractivity contribution in [1.82, 2.24) is 14.4 Å². The lowest BCUT2D eigenvalue weighted by Crippen LogP contribution is -2.28. The van der Waals surface area contributed by atoms with Gasteiger partial charge in [0.15, 0.2) is 9.84 Å². The van der Waals surface area contributed by atoms with E-state index in [-0.39, 0.29) is 27.9 Å². The number of hydrogen-bond donors (Lipinski definition) is 2. The molecule has 32 heavy (non-hydrogen) atoms. The van der Waals surface area contributed by atoms with Crippen molar-refractivity contribution in [3.63, 3.8) is 0 Å². The maximum Gasteiger partial charge on any atom is 0.232 e. The van der Waals surface area contributed by atoms with Gasteiger partial charge in [-0.1, -0.05) is 6.92 Å². The number of nitrogens with one attached hydrogen (secondary N) is 1. The third-order valence-corrected chi connectivity index (χ3v) is 8.82. The summed E-state index contributed by atoms with van der Waals surface area (Å²) in [5, 5.41) is 0. The number of imidazole rings is 1. The van der Waals surface area contributed by atoms with Crippen LogP contribution in [0.5, 0.6) is 5.75 Å². The molecule has 0 aromatic carbocycles. The molecule has 0 aliphatic carbocycles. The van der Waals surface area contributed by atoms with Gasteiger partial charge in [-0.2, -0.15) is 0 Å². The summed E-state index contributed by atoms with van der Waals surface area (Å²) in [6.07, 6.45) is 4.91. The Hall–Kier alpha value is -2.86. The van der Waals surface area contributed by atoms with E-state index in [0.29, 0.717) is 23.3 Å². The van der Waals surface area contributed by atoms with Crippen LogP contribution in [-0.4, -0.2) is 48.8 Å². The quantitative estimate of drug-likeness (QED) is 0.524. The second kappa shape index (κ2) is 8.24. The summed E-state index contributed by atoms with van der Waals surface area (Å²) in [7, 11) is -5.91. The fraction of sp³-hybridized carbons (Fsp3) is 0.400. The highest BCUT2D eigenvalue weighted by molar-refractivity contribution is 7.93. The number of ether oxygens (including phenoxy) is 1. The summed E-state index contributed by atoms with van der Waals surface area (Å²) in [5.41, 5.74) is 7.48. The highest BCUT2D eigenvalue weighted by atomic mass is 32.2. The largest absolute Gasteiger partial charge is 0.495 e. The predicted octanol–water partition coefficient (Wildman–Crippen LogP) is 2.71. The Labute approximate surface area is 187 Å². The highest BCUT2D eigenvalue weighted by Crippen LogP contribution is 2.35. The number of fused-ring (bicyclic) bond motifs is 1. The number of sulfone groups is 1. The van der Waals surface area contributed by atoms with Gasteiger partial charge in [0.2, 0.25) is 10.0 Å². The topological polar surface area (TPSA) is 146 Å². The van der Waals surface area contributed by atoms with Crippen LogP contribution in [0.4, 0.5) is 11.5 Å². The number of nitrogens with zero attached hydrogens (tertiary/aromatic N) is 3. The van der Waals surface area contributed by atoms with Gasteiger partial charge in [-0.3, -0.25) is 9.12 Å². The van der Waals surface area contributed by atoms with Crippen molar-refractivity contribution in [2.24, 2.45) is 0 Å². The summed E-state index contributed by atoms with van der Waals surface area (Å²) in [4.78, 5) is 8.45. The van der Waals surface area contributed by atoms with Crippen LogP contribution in [0.2, 0.25) is 0 Å². The van der Waals surface area contributed by atoms with E-state index in [1.165, 1.54) is 25.6 Å². The SMILES string of the molecule is CCCS(=O)(=O)Nc1cc(-c2cnc3cc(OC)c(S(=O)(=O)C(C)(C)C)cn23)cnc1N. The summed E-state index contributed by atoms with van der Waals surface area (Å²) >= 11 is 0. The van der Waals surface area contributed by atoms with E-state index in [1.54, 1.807) is 44.4 Å². The third kappa shape index (κ3) is 4.37. The summed E-state index contributed by atoms with van der Waals surface area (Å²) < 4.78 is 59.0. The number of nitrogens with two attached hydrogens (primary N) is 1. The van der Waals surface area contributed by atoms with Crippen molar-refractivity contribution >= 4 is 37.0 Å². The standard InChI is InChI=1S/C20H27N5O5S2/c1-6-7-31(26,27)24-14-8-13(10-23-19(14)21)15-11-22-18-9-16(30-5)17(12-25(15)18)32(28,29)20(2,3)4/h8-12,24H,6-7H2,1-5H3,(H2,21,23). The number of methoxy groups -OCH3 is 1. The van der Waals surface area contributed by atoms with E-state index in [2.05, 4.69) is 14.7 Å². The smallest absolute Gasteiger partial charge is 0.232 e. The molecule has 3 rings (SSSR count). The molecular formula is C20H27N5O5S2. The van der Waals surface area contributed by atoms with Crippen LogP contribution in [0, 0.1) is 0 Å². The van der Waals surface area contributed by atoms with Crippen molar-refractivity contribution in [3.05, 3.63) is 30.7 Å². The monoisotopic (exact) mass is 481 g/mol. The van der Waals surface area contributed by atoms with Gasteiger partial charge in [0.25, 0.3) is 0 Å². The molecule has 0 aliphatic rings. The number of pyridine rings is 2. The van der Waals surface area contributed by atoms with Crippen molar-refractivity contribution in [2.75, 3.05) is 23.3 Å². The Morgan fingerprint density at radius 2 is 1.81 bits per heavy atom. The van der Waals surface area contributed by atoms with Crippen LogP contribution >= 0.6 is 0 Å². The van der Waals surface area contributed by atoms with Crippen LogP contribution in [0.15, 0.2) is 35.6 Å². The van der Waals surface area contributed by atoms with Crippen LogP contribution in [-0.2, 0) is 19.9 Å². The first-order valence-electron chi connectivity index (χ1n) is 9.87. The number of aromatic nitrogens is 3. The zero-order chi connectivity index (χ0) is 23.9. The van der Waals surface area contributed by atoms with Gasteiger partial charge >= 0.3 is 0 Å². The first-order chi connectivity index (χ1) is 14.8. The lowest BCUT2D eigenvalue weighted by molar-refractivity contribution is 0.401. The lowest BCUT2D eigenvalue weighted by atomic mass is 10.2. The molecule has 10 nitrogen and oxygen atoms in total. The Bertz CT molecular complexity index is 1370. The second-order valence-corrected chi connectivity index (χ2v) is 12.8. The number of anilines is 2. The van der Waals surface area contributed by atoms with Gasteiger partial charge in [-0.25, -0.2) is 26.8 Å². The van der Waals surface area contributed by atoms with E-state index in [1.807, 2.05) is 0 Å². The number of sulfonamides is 1. The van der Waals surface area contributed by atoms with Crippen molar-refractivity contribution in [2.45, 2.75) is 43.8 Å². The molecule has 0 aliphatic heterocycles. The third-order valence-electron chi connectivity index (χ3n) is 4.84. The summed E-state index contributed by atoms with van der Waals surface area (Å²) in [5.74, 6) is 0.160. The molecule has 0 saturated carbocycles. The molecule has 0 atom stereocenters. The van der Waals surface area contributed by atoms with Gasteiger partial charge in [0, 0.05) is 24.0 Å². The maximum absolute atomic E-state index is 13.1. The minimum absolute atomic E-state index is 0.0199. The summed E-state index contributed by atoms with van der Waals surface area (Å²) in [6.45, 7) is 6.59. The van der Waals surface area contributed by atoms with E-state index in [9.17, 15) is 16.8 Å². The number of nitrogen functional groups attached to an aromatic ring is 1. The van der Waals surface area contributed by atoms with Gasteiger partial charge in [-0.05, 0) is 33.3 Å². The Kier molecular flexibility index (Phi) is 6.13. The van der Waals surface area contributed by atoms with Crippen molar-refractivity contribution in [3.8, 4) is 17.0 Å². The zero-order valence-electron chi connectivity index (χ0n) is 18.6. The Morgan fingerprint density at radius 3 is 2.41 bits per heavy atom. The molecule has 3 N–H and O–H groups in total. The molecule has 174 valence electrons. The minimum atomic E-state index is -3.73. The maximum atomic E-state index is 13.1. The molecule has 3 aromatic rings. The molecule has 0 spiro atoms. The highest BCUT2D eigenvalue weighted by Gasteiger charge is 2.34. The average molecular weight is 482 g/mol. The van der Waals surface area contributed by atoms with Gasteiger partial charge in [0.1, 0.15) is 22.1 Å². The minimum Gasteiger partial charge on any atom is -0.495 e. The molecule has 0 amide bonds. The molecule has 0 unspecified atom stereocenters. The first kappa shape index (κ1) is 23.8. The van der Waals surface area contributed by atoms with E-state index in [0.717, 1.165) is 0 Å². The number of rotatable bonds is 7. The number of hydrogen-bond acceptors (Lipinski definition) is 8. The van der Waals surface area contributed by atoms with E-state index in [4.69, 9.17) is 10.5 Å². The molecule has 3 heterocycles. The molecule has 0 saturated heterocycles. The molecule has 0 radical (unpaired) electrons. The van der Waals surface area contributed by atoms with Crippen molar-refractivity contribution < 1.29 is 21.6 Å². The van der Waals surface area contributed by atoms with Gasteiger partial charge in [0.05, 0.1) is 35.2 Å². The second-order valence-electron chi connectivity index (χ2n) is 8.27. The normalized spacial score (nSPS) is 12.8. The van der Waals surface area contributed by atoms with Gasteiger partial charge in [-0.15, -0.1) is 0 Å². The molecule has 0 bridgehead atoms. The fourth-order valence-electron chi connectivity index (χ4n) is 3.08. The van der Waals surface area contributed by atoms with Crippen LogP contribution in [0.25, 0.3) is 16.9 Å². The Morgan fingerprint density at radius 1 is 1.12 bits per heavy atom. The molecule has 12 heteroatoms. The van der Waals surface area contributed by atoms with Crippen LogP contribution < -0.4 is 15.2 Å². The van der Waals surface area contributed by atoms with E-state index < -0.39 is 24.6 Å². The van der Waals surface area contributed by atoms with E-state index >= 15 is 0 Å². The molecule has 3 aromatic heterocycles. The first-order valence-corrected chi connectivity index (χ1v) is 13.0. The molecule has 0 fully saturated rings. The lowest BCUT2D eigenvalue weighted by Gasteiger charge is -2.21. The van der Waals surface area contributed by atoms with Gasteiger partial charge < -0.3 is 10.5 Å².